The molecule has 1 aromatic heterocycles. The number of carbonyl (C=O) groups is 2. The average molecular weight is 405 g/mol. The first kappa shape index (κ1) is 19.8. The highest BCUT2D eigenvalue weighted by molar-refractivity contribution is 6.07. The number of hydrogen-bond acceptors (Lipinski definition) is 5. The van der Waals surface area contributed by atoms with Gasteiger partial charge in [0.1, 0.15) is 5.82 Å². The van der Waals surface area contributed by atoms with Gasteiger partial charge in [-0.1, -0.05) is 12.5 Å². The summed E-state index contributed by atoms with van der Waals surface area (Å²) >= 11 is 0. The maximum absolute atomic E-state index is 12.9. The topological polar surface area (TPSA) is 90.3 Å². The first-order chi connectivity index (χ1) is 14.5. The van der Waals surface area contributed by atoms with Crippen LogP contribution in [0.3, 0.4) is 0 Å². The maximum Gasteiger partial charge on any atom is 0.337 e. The lowest BCUT2D eigenvalue weighted by atomic mass is 10.1. The van der Waals surface area contributed by atoms with Gasteiger partial charge < -0.3 is 10.1 Å². The fraction of sp³-hybridized carbons (Fsp3) is 0.304. The SMILES string of the molecule is COC(=O)c1ccc(C)c(NC(=O)c2ccc3c(=O)n4c(nc3c2)CCCCC4)c1. The van der Waals surface area contributed by atoms with E-state index in [9.17, 15) is 14.4 Å². The first-order valence-corrected chi connectivity index (χ1v) is 10.0. The number of carbonyl (C=O) groups excluding carboxylic acids is 2. The molecular weight excluding hydrogens is 382 g/mol. The van der Waals surface area contributed by atoms with E-state index < -0.39 is 5.97 Å². The third kappa shape index (κ3) is 3.70. The summed E-state index contributed by atoms with van der Waals surface area (Å²) in [5, 5.41) is 3.35. The molecule has 7 heteroatoms. The van der Waals surface area contributed by atoms with E-state index >= 15 is 0 Å². The Labute approximate surface area is 173 Å². The summed E-state index contributed by atoms with van der Waals surface area (Å²) < 4.78 is 6.50. The zero-order chi connectivity index (χ0) is 21.3. The van der Waals surface area contributed by atoms with Gasteiger partial charge in [-0.15, -0.1) is 0 Å². The molecule has 0 atom stereocenters. The number of hydrogen-bond donors (Lipinski definition) is 1. The van der Waals surface area contributed by atoms with Gasteiger partial charge in [0.2, 0.25) is 0 Å². The van der Waals surface area contributed by atoms with Crippen LogP contribution in [0.2, 0.25) is 0 Å². The fourth-order valence-corrected chi connectivity index (χ4v) is 3.76. The molecule has 7 nitrogen and oxygen atoms in total. The minimum atomic E-state index is -0.471. The summed E-state index contributed by atoms with van der Waals surface area (Å²) in [5.41, 5.74) is 2.58. The van der Waals surface area contributed by atoms with Gasteiger partial charge in [0.05, 0.1) is 23.6 Å². The van der Waals surface area contributed by atoms with Crippen LogP contribution in [0, 0.1) is 6.92 Å². The second-order valence-electron chi connectivity index (χ2n) is 7.50. The van der Waals surface area contributed by atoms with Crippen LogP contribution in [0.4, 0.5) is 5.69 Å². The van der Waals surface area contributed by atoms with E-state index in [-0.39, 0.29) is 11.5 Å². The summed E-state index contributed by atoms with van der Waals surface area (Å²) in [4.78, 5) is 42.2. The highest BCUT2D eigenvalue weighted by atomic mass is 16.5. The Hall–Kier alpha value is -3.48. The fourth-order valence-electron chi connectivity index (χ4n) is 3.76. The Morgan fingerprint density at radius 3 is 2.67 bits per heavy atom. The van der Waals surface area contributed by atoms with Gasteiger partial charge in [0.15, 0.2) is 0 Å². The number of esters is 1. The molecule has 154 valence electrons. The van der Waals surface area contributed by atoms with Crippen molar-refractivity contribution in [2.45, 2.75) is 39.2 Å². The molecule has 0 aliphatic carbocycles. The molecule has 0 radical (unpaired) electrons. The van der Waals surface area contributed by atoms with Gasteiger partial charge in [-0.3, -0.25) is 14.2 Å². The molecule has 0 spiro atoms. The van der Waals surface area contributed by atoms with Crippen molar-refractivity contribution in [1.82, 2.24) is 9.55 Å². The molecule has 0 bridgehead atoms. The van der Waals surface area contributed by atoms with Crippen LogP contribution in [0.1, 0.15) is 51.4 Å². The van der Waals surface area contributed by atoms with Crippen molar-refractivity contribution in [3.63, 3.8) is 0 Å². The quantitative estimate of drug-likeness (QED) is 0.674. The number of aromatic nitrogens is 2. The predicted molar refractivity (Wildman–Crippen MR) is 114 cm³/mol. The molecule has 1 aliphatic heterocycles. The smallest absolute Gasteiger partial charge is 0.337 e. The molecule has 0 saturated carbocycles. The molecule has 2 aromatic carbocycles. The maximum atomic E-state index is 12.9. The lowest BCUT2D eigenvalue weighted by molar-refractivity contribution is 0.0600. The zero-order valence-corrected chi connectivity index (χ0v) is 17.0. The minimum Gasteiger partial charge on any atom is -0.465 e. The number of methoxy groups -OCH3 is 1. The molecule has 0 fully saturated rings. The Balaban J connectivity index is 1.67. The van der Waals surface area contributed by atoms with Gasteiger partial charge in [-0.2, -0.15) is 0 Å². The lowest BCUT2D eigenvalue weighted by Crippen LogP contribution is -2.24. The molecule has 2 heterocycles. The Morgan fingerprint density at radius 2 is 1.87 bits per heavy atom. The molecule has 4 rings (SSSR count). The molecule has 0 saturated heterocycles. The average Bonchev–Trinajstić information content (AvgIpc) is 3.00. The normalized spacial score (nSPS) is 13.4. The van der Waals surface area contributed by atoms with E-state index in [2.05, 4.69) is 10.3 Å². The number of anilines is 1. The van der Waals surface area contributed by atoms with Crippen molar-refractivity contribution in [2.24, 2.45) is 0 Å². The van der Waals surface area contributed by atoms with Crippen molar-refractivity contribution >= 4 is 28.5 Å². The van der Waals surface area contributed by atoms with Crippen LogP contribution < -0.4 is 10.9 Å². The summed E-state index contributed by atoms with van der Waals surface area (Å²) in [6.07, 6.45) is 3.83. The predicted octanol–water partition coefficient (Wildman–Crippen LogP) is 3.47. The van der Waals surface area contributed by atoms with Crippen LogP contribution in [-0.4, -0.2) is 28.5 Å². The number of nitrogens with zero attached hydrogens (tertiary/aromatic N) is 2. The van der Waals surface area contributed by atoms with Crippen molar-refractivity contribution in [1.29, 1.82) is 0 Å². The summed E-state index contributed by atoms with van der Waals surface area (Å²) in [5.74, 6) is -0.0235. The van der Waals surface area contributed by atoms with Crippen molar-refractivity contribution < 1.29 is 14.3 Å². The Kier molecular flexibility index (Phi) is 5.35. The van der Waals surface area contributed by atoms with Crippen LogP contribution in [-0.2, 0) is 17.7 Å². The second-order valence-corrected chi connectivity index (χ2v) is 7.50. The number of aryl methyl sites for hydroxylation is 2. The van der Waals surface area contributed by atoms with Gasteiger partial charge in [0, 0.05) is 24.2 Å². The summed E-state index contributed by atoms with van der Waals surface area (Å²) in [6.45, 7) is 2.53. The van der Waals surface area contributed by atoms with Gasteiger partial charge in [0.25, 0.3) is 11.5 Å². The largest absolute Gasteiger partial charge is 0.465 e. The standard InChI is InChI=1S/C23H23N3O4/c1-14-7-8-16(23(29)30-2)13-18(14)25-21(27)15-9-10-17-19(12-15)24-20-6-4-3-5-11-26(20)22(17)28/h7-10,12-13H,3-6,11H2,1-2H3,(H,25,27). The number of amides is 1. The van der Waals surface area contributed by atoms with Crippen molar-refractivity contribution in [3.8, 4) is 0 Å². The molecule has 1 aliphatic rings. The van der Waals surface area contributed by atoms with Crippen molar-refractivity contribution in [3.05, 3.63) is 69.3 Å². The first-order valence-electron chi connectivity index (χ1n) is 10.0. The van der Waals surface area contributed by atoms with E-state index in [1.165, 1.54) is 7.11 Å². The van der Waals surface area contributed by atoms with Crippen LogP contribution in [0.25, 0.3) is 10.9 Å². The molecule has 1 amide bonds. The lowest BCUT2D eigenvalue weighted by Gasteiger charge is -2.12. The van der Waals surface area contributed by atoms with Gasteiger partial charge >= 0.3 is 5.97 Å². The summed E-state index contributed by atoms with van der Waals surface area (Å²) in [6, 6.07) is 9.93. The Morgan fingerprint density at radius 1 is 1.07 bits per heavy atom. The van der Waals surface area contributed by atoms with E-state index in [0.29, 0.717) is 34.3 Å². The van der Waals surface area contributed by atoms with E-state index in [0.717, 1.165) is 37.1 Å². The van der Waals surface area contributed by atoms with Crippen LogP contribution >= 0.6 is 0 Å². The molecule has 30 heavy (non-hydrogen) atoms. The van der Waals surface area contributed by atoms with Gasteiger partial charge in [-0.05, 0) is 55.7 Å². The number of nitrogens with one attached hydrogen (secondary N) is 1. The number of fused-ring (bicyclic) bond motifs is 2. The van der Waals surface area contributed by atoms with Crippen molar-refractivity contribution in [2.75, 3.05) is 12.4 Å². The molecule has 1 N–H and O–H groups in total. The third-order valence-corrected chi connectivity index (χ3v) is 5.49. The van der Waals surface area contributed by atoms with Gasteiger partial charge in [-0.25, -0.2) is 9.78 Å². The van der Waals surface area contributed by atoms with E-state index in [1.807, 2.05) is 6.92 Å². The van der Waals surface area contributed by atoms with E-state index in [1.54, 1.807) is 41.0 Å². The number of rotatable bonds is 3. The molecule has 0 unspecified atom stereocenters. The Bertz CT molecular complexity index is 1210. The van der Waals surface area contributed by atoms with Crippen LogP contribution in [0.5, 0.6) is 0 Å². The molecular formula is C23H23N3O4. The van der Waals surface area contributed by atoms with E-state index in [4.69, 9.17) is 4.74 Å². The second kappa shape index (κ2) is 8.10. The highest BCUT2D eigenvalue weighted by Crippen LogP contribution is 2.20. The highest BCUT2D eigenvalue weighted by Gasteiger charge is 2.16. The monoisotopic (exact) mass is 405 g/mol. The zero-order valence-electron chi connectivity index (χ0n) is 17.0. The molecule has 3 aromatic rings. The summed E-state index contributed by atoms with van der Waals surface area (Å²) in [7, 11) is 1.31. The van der Waals surface area contributed by atoms with Crippen LogP contribution in [0.15, 0.2) is 41.2 Å². The third-order valence-electron chi connectivity index (χ3n) is 5.49. The number of ether oxygens (including phenoxy) is 1. The number of benzene rings is 2. The minimum absolute atomic E-state index is 0.0505.